The fourth-order valence-electron chi connectivity index (χ4n) is 2.12. The Hall–Kier alpha value is -1.85. The van der Waals surface area contributed by atoms with Crippen molar-refractivity contribution in [1.29, 1.82) is 0 Å². The van der Waals surface area contributed by atoms with Crippen LogP contribution < -0.4 is 5.32 Å². The Morgan fingerprint density at radius 2 is 2.19 bits per heavy atom. The van der Waals surface area contributed by atoms with Gasteiger partial charge in [0.1, 0.15) is 5.82 Å². The standard InChI is InChI=1S/C10H13N3O3/c14-9(12-8-4-5-11-13-8)6-2-1-3-7(6)10(15)16/h4-7H,1-3H2,(H,15,16)(H2,11,12,13,14). The molecule has 0 saturated heterocycles. The number of nitrogens with zero attached hydrogens (tertiary/aromatic N) is 1. The number of carboxylic acids is 1. The first kappa shape index (κ1) is 10.7. The normalized spacial score (nSPS) is 24.2. The van der Waals surface area contributed by atoms with Gasteiger partial charge in [-0.2, -0.15) is 5.10 Å². The van der Waals surface area contributed by atoms with E-state index in [9.17, 15) is 9.59 Å². The zero-order chi connectivity index (χ0) is 11.5. The molecule has 1 amide bonds. The molecule has 1 saturated carbocycles. The lowest BCUT2D eigenvalue weighted by atomic mass is 9.95. The molecule has 0 aliphatic heterocycles. The molecule has 86 valence electrons. The average molecular weight is 223 g/mol. The number of hydrogen-bond acceptors (Lipinski definition) is 3. The Bertz CT molecular complexity index is 388. The summed E-state index contributed by atoms with van der Waals surface area (Å²) in [4.78, 5) is 22.7. The summed E-state index contributed by atoms with van der Waals surface area (Å²) in [5.74, 6) is -1.61. The molecule has 6 heteroatoms. The van der Waals surface area contributed by atoms with Crippen LogP contribution in [0.2, 0.25) is 0 Å². The van der Waals surface area contributed by atoms with Crippen LogP contribution in [0.4, 0.5) is 5.82 Å². The molecule has 1 aromatic heterocycles. The van der Waals surface area contributed by atoms with E-state index in [1.807, 2.05) is 0 Å². The molecule has 3 N–H and O–H groups in total. The fourth-order valence-corrected chi connectivity index (χ4v) is 2.12. The van der Waals surface area contributed by atoms with Crippen LogP contribution in [0.25, 0.3) is 0 Å². The minimum absolute atomic E-state index is 0.242. The van der Waals surface area contributed by atoms with Crippen LogP contribution in [0.3, 0.4) is 0 Å². The Balaban J connectivity index is 2.01. The Labute approximate surface area is 92.0 Å². The molecule has 1 heterocycles. The number of rotatable bonds is 3. The fraction of sp³-hybridized carbons (Fsp3) is 0.500. The number of carbonyl (C=O) groups is 2. The summed E-state index contributed by atoms with van der Waals surface area (Å²) in [5.41, 5.74) is 0. The average Bonchev–Trinajstić information content (AvgIpc) is 2.86. The van der Waals surface area contributed by atoms with E-state index in [2.05, 4.69) is 15.5 Å². The quantitative estimate of drug-likeness (QED) is 0.707. The van der Waals surface area contributed by atoms with Crippen LogP contribution in [0.5, 0.6) is 0 Å². The molecule has 16 heavy (non-hydrogen) atoms. The lowest BCUT2D eigenvalue weighted by molar-refractivity contribution is -0.145. The molecule has 2 unspecified atom stereocenters. The predicted molar refractivity (Wildman–Crippen MR) is 55.7 cm³/mol. The van der Waals surface area contributed by atoms with Crippen molar-refractivity contribution in [2.45, 2.75) is 19.3 Å². The Morgan fingerprint density at radius 1 is 1.44 bits per heavy atom. The molecule has 0 aromatic carbocycles. The lowest BCUT2D eigenvalue weighted by Crippen LogP contribution is -2.30. The smallest absolute Gasteiger partial charge is 0.307 e. The third-order valence-electron chi connectivity index (χ3n) is 2.93. The zero-order valence-corrected chi connectivity index (χ0v) is 8.64. The molecule has 2 rings (SSSR count). The zero-order valence-electron chi connectivity index (χ0n) is 8.64. The van der Waals surface area contributed by atoms with Gasteiger partial charge in [-0.1, -0.05) is 6.42 Å². The van der Waals surface area contributed by atoms with Crippen LogP contribution in [0.1, 0.15) is 19.3 Å². The molecule has 0 spiro atoms. The van der Waals surface area contributed by atoms with E-state index in [-0.39, 0.29) is 5.91 Å². The summed E-state index contributed by atoms with van der Waals surface area (Å²) in [6.45, 7) is 0. The Kier molecular flexibility index (Phi) is 2.89. The third-order valence-corrected chi connectivity index (χ3v) is 2.93. The second-order valence-corrected chi connectivity index (χ2v) is 3.94. The van der Waals surface area contributed by atoms with Gasteiger partial charge < -0.3 is 10.4 Å². The summed E-state index contributed by atoms with van der Waals surface area (Å²) >= 11 is 0. The molecule has 0 radical (unpaired) electrons. The van der Waals surface area contributed by atoms with Crippen molar-refractivity contribution in [2.75, 3.05) is 5.32 Å². The maximum Gasteiger partial charge on any atom is 0.307 e. The summed E-state index contributed by atoms with van der Waals surface area (Å²) in [5, 5.41) is 17.9. The van der Waals surface area contributed by atoms with Crippen molar-refractivity contribution in [1.82, 2.24) is 10.2 Å². The molecule has 2 atom stereocenters. The van der Waals surface area contributed by atoms with Gasteiger partial charge in [0, 0.05) is 6.07 Å². The van der Waals surface area contributed by atoms with Gasteiger partial charge in [0.05, 0.1) is 18.0 Å². The van der Waals surface area contributed by atoms with Gasteiger partial charge in [-0.05, 0) is 12.8 Å². The molecule has 1 aromatic rings. The number of hydrogen-bond donors (Lipinski definition) is 3. The number of nitrogens with one attached hydrogen (secondary N) is 2. The van der Waals surface area contributed by atoms with E-state index in [1.165, 1.54) is 6.20 Å². The van der Waals surface area contributed by atoms with Gasteiger partial charge in [0.2, 0.25) is 5.91 Å². The van der Waals surface area contributed by atoms with Crippen molar-refractivity contribution in [3.05, 3.63) is 12.3 Å². The number of aromatic nitrogens is 2. The second-order valence-electron chi connectivity index (χ2n) is 3.94. The number of aromatic amines is 1. The van der Waals surface area contributed by atoms with Crippen LogP contribution in [-0.4, -0.2) is 27.2 Å². The Morgan fingerprint density at radius 3 is 2.81 bits per heavy atom. The SMILES string of the molecule is O=C(O)C1CCCC1C(=O)Nc1ccn[nH]1. The highest BCUT2D eigenvalue weighted by molar-refractivity contribution is 5.94. The highest BCUT2D eigenvalue weighted by Gasteiger charge is 2.37. The number of carbonyl (C=O) groups excluding carboxylic acids is 1. The van der Waals surface area contributed by atoms with E-state index in [0.29, 0.717) is 18.7 Å². The van der Waals surface area contributed by atoms with Crippen molar-refractivity contribution < 1.29 is 14.7 Å². The van der Waals surface area contributed by atoms with Gasteiger partial charge in [0.15, 0.2) is 0 Å². The van der Waals surface area contributed by atoms with Crippen molar-refractivity contribution in [3.8, 4) is 0 Å². The van der Waals surface area contributed by atoms with Crippen molar-refractivity contribution >= 4 is 17.7 Å². The highest BCUT2D eigenvalue weighted by Crippen LogP contribution is 2.32. The van der Waals surface area contributed by atoms with Gasteiger partial charge >= 0.3 is 5.97 Å². The van der Waals surface area contributed by atoms with E-state index < -0.39 is 17.8 Å². The maximum absolute atomic E-state index is 11.8. The van der Waals surface area contributed by atoms with Gasteiger partial charge in [0.25, 0.3) is 0 Å². The largest absolute Gasteiger partial charge is 0.481 e. The van der Waals surface area contributed by atoms with Crippen LogP contribution in [0.15, 0.2) is 12.3 Å². The first-order chi connectivity index (χ1) is 7.68. The summed E-state index contributed by atoms with van der Waals surface area (Å²) in [6, 6.07) is 1.63. The number of aliphatic carboxylic acids is 1. The molecule has 1 aliphatic rings. The molecule has 0 bridgehead atoms. The number of amides is 1. The topological polar surface area (TPSA) is 95.1 Å². The van der Waals surface area contributed by atoms with Crippen molar-refractivity contribution in [3.63, 3.8) is 0 Å². The monoisotopic (exact) mass is 223 g/mol. The van der Waals surface area contributed by atoms with Gasteiger partial charge in [-0.3, -0.25) is 14.7 Å². The van der Waals surface area contributed by atoms with Gasteiger partial charge in [-0.15, -0.1) is 0 Å². The molecule has 1 aliphatic carbocycles. The molecule has 6 nitrogen and oxygen atoms in total. The first-order valence-electron chi connectivity index (χ1n) is 5.21. The summed E-state index contributed by atoms with van der Waals surface area (Å²) in [7, 11) is 0. The number of carboxylic acid groups (broad SMARTS) is 1. The van der Waals surface area contributed by atoms with E-state index in [0.717, 1.165) is 6.42 Å². The third kappa shape index (κ3) is 2.05. The first-order valence-corrected chi connectivity index (χ1v) is 5.21. The molecule has 1 fully saturated rings. The summed E-state index contributed by atoms with van der Waals surface area (Å²) < 4.78 is 0. The highest BCUT2D eigenvalue weighted by atomic mass is 16.4. The predicted octanol–water partition coefficient (Wildman–Crippen LogP) is 0.849. The van der Waals surface area contributed by atoms with Crippen molar-refractivity contribution in [2.24, 2.45) is 11.8 Å². The van der Waals surface area contributed by atoms with Crippen LogP contribution in [-0.2, 0) is 9.59 Å². The number of H-pyrrole nitrogens is 1. The maximum atomic E-state index is 11.8. The van der Waals surface area contributed by atoms with E-state index >= 15 is 0 Å². The van der Waals surface area contributed by atoms with E-state index in [1.54, 1.807) is 6.07 Å². The molecular weight excluding hydrogens is 210 g/mol. The van der Waals surface area contributed by atoms with Crippen LogP contribution in [0, 0.1) is 11.8 Å². The lowest BCUT2D eigenvalue weighted by Gasteiger charge is -2.14. The summed E-state index contributed by atoms with van der Waals surface area (Å²) in [6.07, 6.45) is 3.53. The second kappa shape index (κ2) is 4.34. The minimum Gasteiger partial charge on any atom is -0.481 e. The van der Waals surface area contributed by atoms with E-state index in [4.69, 9.17) is 5.11 Å². The molecular formula is C10H13N3O3. The minimum atomic E-state index is -0.887. The van der Waals surface area contributed by atoms with Gasteiger partial charge in [-0.25, -0.2) is 0 Å². The van der Waals surface area contributed by atoms with Crippen LogP contribution >= 0.6 is 0 Å². The number of anilines is 1.